The zero-order chi connectivity index (χ0) is 10.4. The van der Waals surface area contributed by atoms with E-state index in [9.17, 15) is 0 Å². The molecule has 0 spiro atoms. The number of rotatable bonds is 5. The summed E-state index contributed by atoms with van der Waals surface area (Å²) in [7, 11) is 0. The first kappa shape index (κ1) is 10.7. The van der Waals surface area contributed by atoms with Crippen molar-refractivity contribution >= 4 is 5.95 Å². The van der Waals surface area contributed by atoms with Crippen LogP contribution in [0.25, 0.3) is 0 Å². The van der Waals surface area contributed by atoms with E-state index in [2.05, 4.69) is 15.3 Å². The molecular formula is C9H15N3O2. The maximum Gasteiger partial charge on any atom is 0.226 e. The SMILES string of the molecule is CCOc1ccnc(NC(C)CO)n1. The second-order valence-electron chi connectivity index (χ2n) is 2.88. The van der Waals surface area contributed by atoms with E-state index in [-0.39, 0.29) is 12.6 Å². The monoisotopic (exact) mass is 197 g/mol. The number of anilines is 1. The fraction of sp³-hybridized carbons (Fsp3) is 0.556. The van der Waals surface area contributed by atoms with E-state index >= 15 is 0 Å². The minimum Gasteiger partial charge on any atom is -0.478 e. The van der Waals surface area contributed by atoms with E-state index in [1.54, 1.807) is 12.3 Å². The molecule has 1 heterocycles. The highest BCUT2D eigenvalue weighted by molar-refractivity contribution is 5.28. The maximum absolute atomic E-state index is 8.82. The summed E-state index contributed by atoms with van der Waals surface area (Å²) >= 11 is 0. The van der Waals surface area contributed by atoms with Gasteiger partial charge >= 0.3 is 0 Å². The Morgan fingerprint density at radius 1 is 1.64 bits per heavy atom. The van der Waals surface area contributed by atoms with Crippen molar-refractivity contribution in [3.8, 4) is 5.88 Å². The lowest BCUT2D eigenvalue weighted by molar-refractivity contribution is 0.280. The van der Waals surface area contributed by atoms with E-state index < -0.39 is 0 Å². The highest BCUT2D eigenvalue weighted by atomic mass is 16.5. The molecule has 0 saturated carbocycles. The highest BCUT2D eigenvalue weighted by Gasteiger charge is 2.03. The summed E-state index contributed by atoms with van der Waals surface area (Å²) in [5.74, 6) is 1.01. The molecule has 5 nitrogen and oxygen atoms in total. The lowest BCUT2D eigenvalue weighted by Gasteiger charge is -2.10. The summed E-state index contributed by atoms with van der Waals surface area (Å²) in [5, 5.41) is 11.8. The van der Waals surface area contributed by atoms with E-state index in [4.69, 9.17) is 9.84 Å². The molecule has 1 aromatic heterocycles. The third kappa shape index (κ3) is 3.18. The second kappa shape index (κ2) is 5.39. The molecule has 78 valence electrons. The number of ether oxygens (including phenoxy) is 1. The first-order valence-electron chi connectivity index (χ1n) is 4.59. The zero-order valence-electron chi connectivity index (χ0n) is 8.40. The molecule has 0 bridgehead atoms. The molecule has 1 atom stereocenters. The van der Waals surface area contributed by atoms with E-state index in [1.165, 1.54) is 0 Å². The zero-order valence-corrected chi connectivity index (χ0v) is 8.40. The summed E-state index contributed by atoms with van der Waals surface area (Å²) in [6.45, 7) is 4.36. The van der Waals surface area contributed by atoms with Gasteiger partial charge in [-0.25, -0.2) is 4.98 Å². The van der Waals surface area contributed by atoms with Crippen LogP contribution in [0.15, 0.2) is 12.3 Å². The molecule has 0 aromatic carbocycles. The third-order valence-electron chi connectivity index (χ3n) is 1.57. The number of aliphatic hydroxyl groups excluding tert-OH is 1. The number of aliphatic hydroxyl groups is 1. The van der Waals surface area contributed by atoms with Crippen molar-refractivity contribution in [3.05, 3.63) is 12.3 Å². The van der Waals surface area contributed by atoms with Gasteiger partial charge in [-0.3, -0.25) is 0 Å². The normalized spacial score (nSPS) is 12.2. The molecule has 1 unspecified atom stereocenters. The van der Waals surface area contributed by atoms with Crippen LogP contribution in [0.2, 0.25) is 0 Å². The Hall–Kier alpha value is -1.36. The number of nitrogens with one attached hydrogen (secondary N) is 1. The highest BCUT2D eigenvalue weighted by Crippen LogP contribution is 2.08. The third-order valence-corrected chi connectivity index (χ3v) is 1.57. The van der Waals surface area contributed by atoms with Crippen molar-refractivity contribution in [2.75, 3.05) is 18.5 Å². The van der Waals surface area contributed by atoms with Crippen LogP contribution in [-0.4, -0.2) is 34.3 Å². The fourth-order valence-electron chi connectivity index (χ4n) is 0.906. The molecule has 14 heavy (non-hydrogen) atoms. The van der Waals surface area contributed by atoms with Crippen molar-refractivity contribution in [1.29, 1.82) is 0 Å². The van der Waals surface area contributed by atoms with Crippen LogP contribution in [0.5, 0.6) is 5.88 Å². The molecule has 0 aliphatic rings. The Morgan fingerprint density at radius 3 is 3.07 bits per heavy atom. The van der Waals surface area contributed by atoms with Gasteiger partial charge in [0.05, 0.1) is 13.2 Å². The average molecular weight is 197 g/mol. The van der Waals surface area contributed by atoms with Gasteiger partial charge < -0.3 is 15.2 Å². The first-order chi connectivity index (χ1) is 6.76. The number of hydrogen-bond donors (Lipinski definition) is 2. The lowest BCUT2D eigenvalue weighted by atomic mass is 10.4. The van der Waals surface area contributed by atoms with Gasteiger partial charge in [-0.05, 0) is 13.8 Å². The van der Waals surface area contributed by atoms with Crippen molar-refractivity contribution in [1.82, 2.24) is 9.97 Å². The maximum atomic E-state index is 8.82. The topological polar surface area (TPSA) is 67.3 Å². The van der Waals surface area contributed by atoms with Crippen molar-refractivity contribution in [2.24, 2.45) is 0 Å². The van der Waals surface area contributed by atoms with Crippen molar-refractivity contribution in [2.45, 2.75) is 19.9 Å². The predicted molar refractivity (Wildman–Crippen MR) is 53.4 cm³/mol. The Labute approximate surface area is 83.2 Å². The van der Waals surface area contributed by atoms with Gasteiger partial charge in [0.2, 0.25) is 11.8 Å². The van der Waals surface area contributed by atoms with Gasteiger partial charge in [-0.1, -0.05) is 0 Å². The molecule has 0 amide bonds. The summed E-state index contributed by atoms with van der Waals surface area (Å²) in [4.78, 5) is 8.09. The van der Waals surface area contributed by atoms with Gasteiger partial charge in [0.15, 0.2) is 0 Å². The van der Waals surface area contributed by atoms with Gasteiger partial charge in [-0.15, -0.1) is 0 Å². The quantitative estimate of drug-likeness (QED) is 0.726. The van der Waals surface area contributed by atoms with Crippen LogP contribution in [0.3, 0.4) is 0 Å². The van der Waals surface area contributed by atoms with Crippen LogP contribution < -0.4 is 10.1 Å². The van der Waals surface area contributed by atoms with Gasteiger partial charge in [-0.2, -0.15) is 4.98 Å². The Morgan fingerprint density at radius 2 is 2.43 bits per heavy atom. The van der Waals surface area contributed by atoms with Crippen LogP contribution in [-0.2, 0) is 0 Å². The van der Waals surface area contributed by atoms with E-state index in [0.29, 0.717) is 18.4 Å². The molecule has 0 aliphatic carbocycles. The van der Waals surface area contributed by atoms with E-state index in [0.717, 1.165) is 0 Å². The summed E-state index contributed by atoms with van der Waals surface area (Å²) < 4.78 is 5.21. The minimum absolute atomic E-state index is 0.0439. The van der Waals surface area contributed by atoms with Gasteiger partial charge in [0.25, 0.3) is 0 Å². The summed E-state index contributed by atoms with van der Waals surface area (Å²) in [6.07, 6.45) is 1.62. The largest absolute Gasteiger partial charge is 0.478 e. The minimum atomic E-state index is -0.0631. The summed E-state index contributed by atoms with van der Waals surface area (Å²) in [5.41, 5.74) is 0. The Balaban J connectivity index is 2.63. The van der Waals surface area contributed by atoms with Crippen LogP contribution in [0.1, 0.15) is 13.8 Å². The van der Waals surface area contributed by atoms with Crippen LogP contribution in [0.4, 0.5) is 5.95 Å². The molecule has 0 radical (unpaired) electrons. The number of nitrogens with zero attached hydrogens (tertiary/aromatic N) is 2. The van der Waals surface area contributed by atoms with Crippen molar-refractivity contribution < 1.29 is 9.84 Å². The molecule has 0 saturated heterocycles. The smallest absolute Gasteiger partial charge is 0.226 e. The van der Waals surface area contributed by atoms with Crippen molar-refractivity contribution in [3.63, 3.8) is 0 Å². The van der Waals surface area contributed by atoms with Gasteiger partial charge in [0.1, 0.15) is 0 Å². The van der Waals surface area contributed by atoms with Crippen LogP contribution >= 0.6 is 0 Å². The Kier molecular flexibility index (Phi) is 4.12. The molecule has 1 rings (SSSR count). The molecule has 0 aliphatic heterocycles. The number of aromatic nitrogens is 2. The second-order valence-corrected chi connectivity index (χ2v) is 2.88. The molecule has 5 heteroatoms. The molecular weight excluding hydrogens is 182 g/mol. The lowest BCUT2D eigenvalue weighted by Crippen LogP contribution is -2.20. The number of hydrogen-bond acceptors (Lipinski definition) is 5. The summed E-state index contributed by atoms with van der Waals surface area (Å²) in [6, 6.07) is 1.63. The van der Waals surface area contributed by atoms with E-state index in [1.807, 2.05) is 13.8 Å². The standard InChI is InChI=1S/C9H15N3O2/c1-3-14-8-4-5-10-9(12-8)11-7(2)6-13/h4-5,7,13H,3,6H2,1-2H3,(H,10,11,12). The van der Waals surface area contributed by atoms with Gasteiger partial charge in [0, 0.05) is 18.3 Å². The average Bonchev–Trinajstić information content (AvgIpc) is 2.19. The fourth-order valence-corrected chi connectivity index (χ4v) is 0.906. The Bertz CT molecular complexity index is 281. The molecule has 1 aromatic rings. The predicted octanol–water partition coefficient (Wildman–Crippen LogP) is 0.668. The first-order valence-corrected chi connectivity index (χ1v) is 4.59. The molecule has 0 fully saturated rings. The van der Waals surface area contributed by atoms with Crippen LogP contribution in [0, 0.1) is 0 Å². The molecule has 2 N–H and O–H groups in total.